The molecule has 0 aromatic heterocycles. The molecule has 8 rings (SSSR count). The summed E-state index contributed by atoms with van der Waals surface area (Å²) in [4.78, 5) is 0. The third-order valence-corrected chi connectivity index (χ3v) is 10.3. The van der Waals surface area contributed by atoms with Gasteiger partial charge in [-0.2, -0.15) is 0 Å². The first-order chi connectivity index (χ1) is 49.8. The van der Waals surface area contributed by atoms with Crippen molar-refractivity contribution in [2.45, 2.75) is 133 Å². The highest BCUT2D eigenvalue weighted by Crippen LogP contribution is 2.09. The topological polar surface area (TPSA) is 0 Å². The average Bonchev–Trinajstić information content (AvgIpc) is 1.07. The van der Waals surface area contributed by atoms with Crippen molar-refractivity contribution >= 4 is 161 Å². The van der Waals surface area contributed by atoms with Crippen molar-refractivity contribution in [1.29, 1.82) is 0 Å². The monoisotopic (exact) mass is 1830 g/mol. The molecule has 0 N–H and O–H groups in total. The van der Waals surface area contributed by atoms with E-state index in [9.17, 15) is 0 Å². The SMILES string of the molecule is BrCc1ccccc1.BrCc1ccccc1.C=C(C)C.C=C(C)C.C=C(C)C.C=C(C)c1ccccc1.C=CC.C=CC.C=CC.C=Cc1ccccc1.C=Cc1ccccc1.C=Cc1ccccc1.CCBr.CCBr.CCBr.CCCl.CCCl.CCCl.ClCc1ccccc1.ClCc1ccccc1. The summed E-state index contributed by atoms with van der Waals surface area (Å²) >= 11 is 42.2. The number of halogens is 10. The Morgan fingerprint density at radius 2 is 0.404 bits per heavy atom. The van der Waals surface area contributed by atoms with Crippen LogP contribution in [-0.2, 0) is 22.4 Å². The Labute approximate surface area is 709 Å². The number of hydrogen-bond acceptors (Lipinski definition) is 0. The second-order valence-corrected chi connectivity index (χ2v) is 26.5. The summed E-state index contributed by atoms with van der Waals surface area (Å²) in [5, 5.41) is 5.09. The molecule has 8 aromatic carbocycles. The van der Waals surface area contributed by atoms with Gasteiger partial charge in [-0.15, -0.1) is 97.5 Å². The summed E-state index contributed by atoms with van der Waals surface area (Å²) in [5.41, 5.74) is 14.4. The lowest BCUT2D eigenvalue weighted by Gasteiger charge is -1.94. The summed E-state index contributed by atoms with van der Waals surface area (Å²) < 4.78 is 0. The molecule has 104 heavy (non-hydrogen) atoms. The minimum Gasteiger partial charge on any atom is -0.127 e. The fraction of sp³-hybridized carbons (Fsp3) is 0.277. The van der Waals surface area contributed by atoms with E-state index < -0.39 is 0 Å². The molecule has 580 valence electrons. The largest absolute Gasteiger partial charge is 0.127 e. The molecule has 8 aromatic rings. The van der Waals surface area contributed by atoms with Crippen LogP contribution in [0.3, 0.4) is 0 Å². The minimum atomic E-state index is 0.612. The van der Waals surface area contributed by atoms with Crippen LogP contribution in [0.1, 0.15) is 155 Å². The molecule has 0 saturated carbocycles. The van der Waals surface area contributed by atoms with Gasteiger partial charge in [-0.3, -0.25) is 0 Å². The highest BCUT2D eigenvalue weighted by molar-refractivity contribution is 9.09. The van der Waals surface area contributed by atoms with Crippen LogP contribution in [0.25, 0.3) is 23.8 Å². The van der Waals surface area contributed by atoms with Crippen molar-refractivity contribution in [3.63, 3.8) is 0 Å². The molecule has 0 bridgehead atoms. The van der Waals surface area contributed by atoms with Crippen molar-refractivity contribution in [1.82, 2.24) is 0 Å². The first-order valence-electron chi connectivity index (χ1n) is 33.8. The summed E-state index contributed by atoms with van der Waals surface area (Å²) in [6, 6.07) is 80.7. The van der Waals surface area contributed by atoms with E-state index in [1.807, 2.05) is 335 Å². The first-order valence-corrected chi connectivity index (χ1v) is 42.1. The molecule has 0 atom stereocenters. The lowest BCUT2D eigenvalue weighted by molar-refractivity contribution is 1.41. The molecule has 0 amide bonds. The maximum Gasteiger partial charge on any atom is 0.0474 e. The second kappa shape index (κ2) is 122. The van der Waals surface area contributed by atoms with E-state index in [1.165, 1.54) is 61.2 Å². The van der Waals surface area contributed by atoms with Gasteiger partial charge in [-0.25, -0.2) is 0 Å². The number of rotatable bonds is 8. The third kappa shape index (κ3) is 151. The van der Waals surface area contributed by atoms with E-state index >= 15 is 0 Å². The Morgan fingerprint density at radius 3 is 0.481 bits per heavy atom. The number of benzene rings is 8. The van der Waals surface area contributed by atoms with Gasteiger partial charge in [-0.1, -0.05) is 449 Å². The molecule has 0 aliphatic heterocycles. The van der Waals surface area contributed by atoms with Gasteiger partial charge in [0, 0.05) is 56.1 Å². The maximum absolute atomic E-state index is 5.53. The van der Waals surface area contributed by atoms with Gasteiger partial charge < -0.3 is 0 Å². The molecular formula is C94H134Br5Cl5. The smallest absolute Gasteiger partial charge is 0.0474 e. The highest BCUT2D eigenvalue weighted by Gasteiger charge is 1.87. The third-order valence-electron chi connectivity index (χ3n) is 8.36. The van der Waals surface area contributed by atoms with Gasteiger partial charge in [0.2, 0.25) is 0 Å². The van der Waals surface area contributed by atoms with Crippen LogP contribution in [0, 0.1) is 0 Å². The van der Waals surface area contributed by atoms with Gasteiger partial charge in [-0.05, 0) is 114 Å². The number of hydrogen-bond donors (Lipinski definition) is 0. The molecule has 0 fully saturated rings. The zero-order chi connectivity index (χ0) is 82.5. The Bertz CT molecular complexity index is 2560. The Morgan fingerprint density at radius 1 is 0.279 bits per heavy atom. The van der Waals surface area contributed by atoms with Gasteiger partial charge in [0.05, 0.1) is 0 Å². The Kier molecular flexibility index (Phi) is 147. The molecule has 0 radical (unpaired) electrons. The number of allylic oxidation sites excluding steroid dienone is 7. The Hall–Kier alpha value is -4.99. The number of alkyl halides is 10. The molecule has 10 heteroatoms. The summed E-state index contributed by atoms with van der Waals surface area (Å²) in [5.74, 6) is 3.39. The second-order valence-electron chi connectivity index (χ2n) is 19.9. The molecule has 0 unspecified atom stereocenters. The van der Waals surface area contributed by atoms with E-state index in [2.05, 4.69) is 182 Å². The van der Waals surface area contributed by atoms with E-state index in [4.69, 9.17) is 58.0 Å². The molecule has 0 aliphatic carbocycles. The van der Waals surface area contributed by atoms with E-state index in [1.54, 1.807) is 18.2 Å². The predicted octanol–water partition coefficient (Wildman–Crippen LogP) is 36.0. The van der Waals surface area contributed by atoms with Crippen LogP contribution in [0.5, 0.6) is 0 Å². The van der Waals surface area contributed by atoms with Crippen molar-refractivity contribution in [3.8, 4) is 0 Å². The zero-order valence-corrected chi connectivity index (χ0v) is 78.2. The highest BCUT2D eigenvalue weighted by atomic mass is 79.9. The van der Waals surface area contributed by atoms with Crippen molar-refractivity contribution < 1.29 is 0 Å². The lowest BCUT2D eigenvalue weighted by Crippen LogP contribution is -1.72. The summed E-state index contributed by atoms with van der Waals surface area (Å²) in [6.07, 6.45) is 10.8. The normalized spacial score (nSPS) is 7.71. The lowest BCUT2D eigenvalue weighted by atomic mass is 10.1. The predicted molar refractivity (Wildman–Crippen MR) is 518 cm³/mol. The quantitative estimate of drug-likeness (QED) is 0.105. The van der Waals surface area contributed by atoms with Gasteiger partial charge in [0.1, 0.15) is 0 Å². The summed E-state index contributed by atoms with van der Waals surface area (Å²) in [7, 11) is 0. The molecule has 0 nitrogen and oxygen atoms in total. The molecule has 0 heterocycles. The van der Waals surface area contributed by atoms with Crippen molar-refractivity contribution in [2.24, 2.45) is 0 Å². The summed E-state index contributed by atoms with van der Waals surface area (Å²) in [6.45, 7) is 66.8. The van der Waals surface area contributed by atoms with Gasteiger partial charge in [0.25, 0.3) is 0 Å². The van der Waals surface area contributed by atoms with Crippen LogP contribution in [0.4, 0.5) is 0 Å². The first kappa shape index (κ1) is 126. The van der Waals surface area contributed by atoms with Gasteiger partial charge in [0.15, 0.2) is 0 Å². The fourth-order valence-electron chi connectivity index (χ4n) is 4.76. The van der Waals surface area contributed by atoms with Crippen LogP contribution < -0.4 is 0 Å². The van der Waals surface area contributed by atoms with Crippen molar-refractivity contribution in [3.05, 3.63) is 388 Å². The molecular weight excluding hydrogens is 1710 g/mol. The average molecular weight is 1840 g/mol. The maximum atomic E-state index is 5.53. The molecule has 0 aliphatic rings. The van der Waals surface area contributed by atoms with Gasteiger partial charge >= 0.3 is 0 Å². The van der Waals surface area contributed by atoms with Crippen LogP contribution in [-0.4, -0.2) is 33.6 Å². The van der Waals surface area contributed by atoms with Crippen LogP contribution >= 0.6 is 138 Å². The Balaban J connectivity index is -0.0000000871. The molecule has 0 spiro atoms. The van der Waals surface area contributed by atoms with Crippen LogP contribution in [0.15, 0.2) is 343 Å². The fourth-order valence-corrected chi connectivity index (χ4v) is 5.86. The van der Waals surface area contributed by atoms with E-state index in [0.29, 0.717) is 11.8 Å². The minimum absolute atomic E-state index is 0.612. The van der Waals surface area contributed by atoms with E-state index in [-0.39, 0.29) is 0 Å². The standard InChI is InChI=1S/C9H10.3C8H8.2C7H7Br.2C7H7Cl.3C4H8.3C3H6.3C2H5Br.3C2H5Cl/c1-8(2)9-6-4-3-5-7-9;3*1-2-8-6-4-3-5-7-8;4*8-6-7-4-2-1-3-5-7;3*1-4(2)3;3*1-3-2;6*1-2-3/h3-7H,1H2,2H3;3*2-7H,1H2;4*1-5H,6H2;3*1H2,2-3H3;3*3H,1H2,2H3;6*2H2,1H3. The van der Waals surface area contributed by atoms with E-state index in [0.717, 1.165) is 49.9 Å². The van der Waals surface area contributed by atoms with Crippen LogP contribution in [0.2, 0.25) is 0 Å². The van der Waals surface area contributed by atoms with Crippen molar-refractivity contribution in [2.75, 3.05) is 33.6 Å². The molecule has 0 saturated heterocycles. The zero-order valence-electron chi connectivity index (χ0n) is 66.5.